The van der Waals surface area contributed by atoms with Crippen molar-refractivity contribution in [2.24, 2.45) is 5.73 Å². The number of aliphatic hydroxyl groups excluding tert-OH is 1. The first-order chi connectivity index (χ1) is 7.33. The summed E-state index contributed by atoms with van der Waals surface area (Å²) in [7, 11) is 0. The van der Waals surface area contributed by atoms with Crippen LogP contribution in [0.4, 0.5) is 13.2 Å². The molecule has 0 radical (unpaired) electrons. The zero-order chi connectivity index (χ0) is 12.3. The van der Waals surface area contributed by atoms with E-state index in [1.165, 1.54) is 0 Å². The van der Waals surface area contributed by atoms with E-state index in [1.807, 2.05) is 0 Å². The van der Waals surface area contributed by atoms with Crippen LogP contribution in [0.25, 0.3) is 0 Å². The van der Waals surface area contributed by atoms with E-state index in [9.17, 15) is 18.3 Å². The molecular formula is C9H10F3NO2S. The second kappa shape index (κ2) is 4.94. The summed E-state index contributed by atoms with van der Waals surface area (Å²) in [6.45, 7) is -0.451. The molecule has 0 bridgehead atoms. The highest BCUT2D eigenvalue weighted by Gasteiger charge is 2.29. The number of thioether (sulfide) groups is 1. The number of hydrogen-bond acceptors (Lipinski definition) is 4. The highest BCUT2D eigenvalue weighted by Crippen LogP contribution is 2.38. The Labute approximate surface area is 94.1 Å². The maximum atomic E-state index is 12.1. The Morgan fingerprint density at radius 2 is 2.00 bits per heavy atom. The van der Waals surface area contributed by atoms with Gasteiger partial charge in [0.25, 0.3) is 0 Å². The number of alkyl halides is 3. The zero-order valence-corrected chi connectivity index (χ0v) is 8.85. The minimum absolute atomic E-state index is 0.0794. The van der Waals surface area contributed by atoms with E-state index < -0.39 is 18.2 Å². The molecule has 0 spiro atoms. The number of hydrogen-bond donors (Lipinski definition) is 3. The molecule has 0 aliphatic heterocycles. The van der Waals surface area contributed by atoms with Gasteiger partial charge in [0, 0.05) is 10.5 Å². The standard InChI is InChI=1S/C9H10F3NO2S/c10-9(11,12)16-5-1-2-8(15)6(3-5)7(13)4-14/h1-3,7,14-15H,4,13H2/t7-/m1/s1. The van der Waals surface area contributed by atoms with E-state index in [4.69, 9.17) is 10.8 Å². The summed E-state index contributed by atoms with van der Waals surface area (Å²) in [6.07, 6.45) is 0. The molecule has 0 heterocycles. The molecule has 1 aromatic carbocycles. The van der Waals surface area contributed by atoms with Crippen LogP contribution in [0.3, 0.4) is 0 Å². The highest BCUT2D eigenvalue weighted by atomic mass is 32.2. The number of aromatic hydroxyl groups is 1. The summed E-state index contributed by atoms with van der Waals surface area (Å²) in [5.41, 5.74) is 1.13. The van der Waals surface area contributed by atoms with Gasteiger partial charge in [0.2, 0.25) is 0 Å². The maximum absolute atomic E-state index is 12.1. The van der Waals surface area contributed by atoms with Crippen LogP contribution in [0.5, 0.6) is 5.75 Å². The molecule has 90 valence electrons. The van der Waals surface area contributed by atoms with Crippen LogP contribution in [0.2, 0.25) is 0 Å². The first kappa shape index (κ1) is 13.1. The molecule has 1 rings (SSSR count). The maximum Gasteiger partial charge on any atom is 0.446 e. The monoisotopic (exact) mass is 253 g/mol. The lowest BCUT2D eigenvalue weighted by Crippen LogP contribution is -2.14. The van der Waals surface area contributed by atoms with E-state index >= 15 is 0 Å². The second-order valence-electron chi connectivity index (χ2n) is 3.06. The molecule has 7 heteroatoms. The average Bonchev–Trinajstić information content (AvgIpc) is 2.18. The van der Waals surface area contributed by atoms with Gasteiger partial charge in [-0.1, -0.05) is 0 Å². The van der Waals surface area contributed by atoms with Crippen molar-refractivity contribution in [1.29, 1.82) is 0 Å². The van der Waals surface area contributed by atoms with Gasteiger partial charge in [-0.25, -0.2) is 0 Å². The lowest BCUT2D eigenvalue weighted by molar-refractivity contribution is -0.0328. The van der Waals surface area contributed by atoms with Gasteiger partial charge in [-0.2, -0.15) is 13.2 Å². The van der Waals surface area contributed by atoms with Gasteiger partial charge in [-0.3, -0.25) is 0 Å². The number of benzene rings is 1. The highest BCUT2D eigenvalue weighted by molar-refractivity contribution is 8.00. The number of rotatable bonds is 3. The molecule has 0 fully saturated rings. The van der Waals surface area contributed by atoms with Gasteiger partial charge in [0.1, 0.15) is 5.75 Å². The van der Waals surface area contributed by atoms with E-state index in [1.54, 1.807) is 0 Å². The van der Waals surface area contributed by atoms with Crippen LogP contribution in [0.1, 0.15) is 11.6 Å². The van der Waals surface area contributed by atoms with Crippen LogP contribution in [-0.2, 0) is 0 Å². The number of phenols is 1. The predicted octanol–water partition coefficient (Wildman–Crippen LogP) is 2.00. The van der Waals surface area contributed by atoms with Crippen molar-refractivity contribution in [3.8, 4) is 5.75 Å². The van der Waals surface area contributed by atoms with Crippen molar-refractivity contribution >= 4 is 11.8 Å². The molecule has 1 aromatic rings. The Bertz CT molecular complexity index is 370. The lowest BCUT2D eigenvalue weighted by atomic mass is 10.1. The lowest BCUT2D eigenvalue weighted by Gasteiger charge is -2.13. The fourth-order valence-electron chi connectivity index (χ4n) is 1.13. The number of nitrogens with two attached hydrogens (primary N) is 1. The molecule has 0 aliphatic carbocycles. The van der Waals surface area contributed by atoms with Gasteiger partial charge in [0.05, 0.1) is 12.6 Å². The van der Waals surface area contributed by atoms with Crippen molar-refractivity contribution in [3.63, 3.8) is 0 Å². The van der Waals surface area contributed by atoms with Crippen LogP contribution >= 0.6 is 11.8 Å². The quantitative estimate of drug-likeness (QED) is 0.721. The first-order valence-corrected chi connectivity index (χ1v) is 5.10. The molecule has 0 saturated carbocycles. The van der Waals surface area contributed by atoms with Crippen LogP contribution in [0, 0.1) is 0 Å². The Kier molecular flexibility index (Phi) is 4.06. The molecule has 3 nitrogen and oxygen atoms in total. The van der Waals surface area contributed by atoms with Crippen LogP contribution < -0.4 is 5.73 Å². The van der Waals surface area contributed by atoms with Crippen molar-refractivity contribution in [2.45, 2.75) is 16.4 Å². The predicted molar refractivity (Wildman–Crippen MR) is 54.0 cm³/mol. The summed E-state index contributed by atoms with van der Waals surface area (Å²) in [5.74, 6) is -0.229. The molecule has 4 N–H and O–H groups in total. The molecule has 0 saturated heterocycles. The van der Waals surface area contributed by atoms with E-state index in [2.05, 4.69) is 0 Å². The smallest absolute Gasteiger partial charge is 0.446 e. The van der Waals surface area contributed by atoms with E-state index in [-0.39, 0.29) is 28.0 Å². The third-order valence-electron chi connectivity index (χ3n) is 1.83. The summed E-state index contributed by atoms with van der Waals surface area (Å²) < 4.78 is 36.2. The van der Waals surface area contributed by atoms with Crippen LogP contribution in [-0.4, -0.2) is 22.3 Å². The molecule has 1 atom stereocenters. The van der Waals surface area contributed by atoms with Gasteiger partial charge in [0.15, 0.2) is 0 Å². The number of phenolic OH excluding ortho intramolecular Hbond substituents is 1. The largest absolute Gasteiger partial charge is 0.508 e. The topological polar surface area (TPSA) is 66.5 Å². The fraction of sp³-hybridized carbons (Fsp3) is 0.333. The van der Waals surface area contributed by atoms with Crippen molar-refractivity contribution in [1.82, 2.24) is 0 Å². The summed E-state index contributed by atoms with van der Waals surface area (Å²) >= 11 is -0.297. The number of halogens is 3. The minimum atomic E-state index is -4.39. The molecular weight excluding hydrogens is 243 g/mol. The first-order valence-electron chi connectivity index (χ1n) is 4.28. The van der Waals surface area contributed by atoms with Gasteiger partial charge in [-0.15, -0.1) is 0 Å². The third-order valence-corrected chi connectivity index (χ3v) is 2.55. The van der Waals surface area contributed by atoms with Crippen molar-refractivity contribution in [3.05, 3.63) is 23.8 Å². The van der Waals surface area contributed by atoms with Gasteiger partial charge < -0.3 is 15.9 Å². The normalized spacial score (nSPS) is 13.8. The Balaban J connectivity index is 2.98. The molecule has 0 unspecified atom stereocenters. The average molecular weight is 253 g/mol. The molecule has 0 aromatic heterocycles. The summed E-state index contributed by atoms with van der Waals surface area (Å²) in [6, 6.07) is 2.49. The Morgan fingerprint density at radius 3 is 2.50 bits per heavy atom. The summed E-state index contributed by atoms with van der Waals surface area (Å²) in [4.78, 5) is -0.0794. The van der Waals surface area contributed by atoms with E-state index in [0.29, 0.717) is 0 Å². The molecule has 0 aliphatic rings. The third kappa shape index (κ3) is 3.58. The SMILES string of the molecule is N[C@H](CO)c1cc(SC(F)(F)F)ccc1O. The zero-order valence-electron chi connectivity index (χ0n) is 8.03. The summed E-state index contributed by atoms with van der Waals surface area (Å²) in [5, 5.41) is 18.1. The van der Waals surface area contributed by atoms with Gasteiger partial charge in [-0.05, 0) is 30.0 Å². The Hall–Kier alpha value is -0.920. The van der Waals surface area contributed by atoms with Gasteiger partial charge >= 0.3 is 5.51 Å². The number of aliphatic hydroxyl groups is 1. The van der Waals surface area contributed by atoms with Crippen LogP contribution in [0.15, 0.2) is 23.1 Å². The minimum Gasteiger partial charge on any atom is -0.508 e. The van der Waals surface area contributed by atoms with Crippen molar-refractivity contribution in [2.75, 3.05) is 6.61 Å². The molecule has 16 heavy (non-hydrogen) atoms. The molecule has 0 amide bonds. The second-order valence-corrected chi connectivity index (χ2v) is 4.20. The van der Waals surface area contributed by atoms with E-state index in [0.717, 1.165) is 18.2 Å². The van der Waals surface area contributed by atoms with Crippen molar-refractivity contribution < 1.29 is 23.4 Å². The fourth-order valence-corrected chi connectivity index (χ4v) is 1.71. The Morgan fingerprint density at radius 1 is 1.38 bits per heavy atom.